The van der Waals surface area contributed by atoms with Gasteiger partial charge in [-0.2, -0.15) is 0 Å². The first-order valence-electron chi connectivity index (χ1n) is 9.10. The lowest BCUT2D eigenvalue weighted by atomic mass is 10.2. The van der Waals surface area contributed by atoms with E-state index in [0.717, 1.165) is 26.9 Å². The molecular weight excluding hydrogens is 473 g/mol. The fraction of sp³-hybridized carbons (Fsp3) is 0.174. The summed E-state index contributed by atoms with van der Waals surface area (Å²) >= 11 is 15.7. The van der Waals surface area contributed by atoms with Crippen molar-refractivity contribution in [3.05, 3.63) is 85.8 Å². The largest absolute Gasteiger partial charge is 0.490 e. The lowest BCUT2D eigenvalue weighted by molar-refractivity contribution is 0.267. The third-order valence-corrected chi connectivity index (χ3v) is 5.47. The van der Waals surface area contributed by atoms with Gasteiger partial charge in [0, 0.05) is 16.3 Å². The van der Waals surface area contributed by atoms with Crippen LogP contribution in [0, 0.1) is 6.92 Å². The zero-order chi connectivity index (χ0) is 20.8. The van der Waals surface area contributed by atoms with Gasteiger partial charge in [0.05, 0.1) is 16.8 Å². The fourth-order valence-corrected chi connectivity index (χ4v) is 3.55. The van der Waals surface area contributed by atoms with E-state index in [-0.39, 0.29) is 0 Å². The van der Waals surface area contributed by atoms with Gasteiger partial charge in [0.25, 0.3) is 0 Å². The van der Waals surface area contributed by atoms with E-state index in [1.807, 2.05) is 68.4 Å². The second kappa shape index (κ2) is 10.1. The summed E-state index contributed by atoms with van der Waals surface area (Å²) in [5, 5.41) is 1.39. The maximum atomic E-state index is 6.18. The molecule has 3 rings (SSSR count). The highest BCUT2D eigenvalue weighted by molar-refractivity contribution is 9.10. The first-order chi connectivity index (χ1) is 14.0. The minimum Gasteiger partial charge on any atom is -0.490 e. The molecule has 0 saturated heterocycles. The second-order valence-corrected chi connectivity index (χ2v) is 8.02. The van der Waals surface area contributed by atoms with Crippen LogP contribution in [0.1, 0.15) is 23.6 Å². The monoisotopic (exact) mass is 491 g/mol. The molecule has 3 nitrogen and oxygen atoms in total. The van der Waals surface area contributed by atoms with E-state index in [1.54, 1.807) is 6.21 Å². The Morgan fingerprint density at radius 2 is 1.79 bits per heavy atom. The normalized spacial score (nSPS) is 11.1. The van der Waals surface area contributed by atoms with Gasteiger partial charge in [0.1, 0.15) is 6.61 Å². The number of ether oxygens (including phenoxy) is 2. The number of benzene rings is 3. The number of hydrogen-bond acceptors (Lipinski definition) is 3. The number of rotatable bonds is 7. The summed E-state index contributed by atoms with van der Waals surface area (Å²) in [6, 6.07) is 17.1. The molecular formula is C23H20BrCl2NO2. The van der Waals surface area contributed by atoms with Crippen LogP contribution in [0.4, 0.5) is 5.69 Å². The van der Waals surface area contributed by atoms with Gasteiger partial charge in [0.15, 0.2) is 11.5 Å². The first kappa shape index (κ1) is 21.7. The van der Waals surface area contributed by atoms with Crippen molar-refractivity contribution in [3.8, 4) is 11.5 Å². The summed E-state index contributed by atoms with van der Waals surface area (Å²) in [6.07, 6.45) is 1.79. The fourth-order valence-electron chi connectivity index (χ4n) is 2.68. The second-order valence-electron chi connectivity index (χ2n) is 6.32. The van der Waals surface area contributed by atoms with Gasteiger partial charge in [-0.1, -0.05) is 41.4 Å². The zero-order valence-electron chi connectivity index (χ0n) is 16.1. The Bertz CT molecular complexity index is 1020. The minimum atomic E-state index is 0.408. The van der Waals surface area contributed by atoms with Crippen LogP contribution in [0.3, 0.4) is 0 Å². The molecule has 0 spiro atoms. The van der Waals surface area contributed by atoms with E-state index in [2.05, 4.69) is 20.9 Å². The third-order valence-electron chi connectivity index (χ3n) is 4.22. The molecule has 0 heterocycles. The van der Waals surface area contributed by atoms with Crippen molar-refractivity contribution in [1.29, 1.82) is 0 Å². The molecule has 6 heteroatoms. The SMILES string of the molecule is CCOc1cc(C=Nc2cccc(Cl)c2C)cc(Br)c1OCc1ccc(Cl)cc1. The van der Waals surface area contributed by atoms with E-state index < -0.39 is 0 Å². The summed E-state index contributed by atoms with van der Waals surface area (Å²) in [4.78, 5) is 4.57. The van der Waals surface area contributed by atoms with Crippen LogP contribution in [0.5, 0.6) is 11.5 Å². The summed E-state index contributed by atoms with van der Waals surface area (Å²) < 4.78 is 12.6. The molecule has 0 aliphatic carbocycles. The Balaban J connectivity index is 1.84. The van der Waals surface area contributed by atoms with Crippen molar-refractivity contribution < 1.29 is 9.47 Å². The van der Waals surface area contributed by atoms with Gasteiger partial charge >= 0.3 is 0 Å². The van der Waals surface area contributed by atoms with Crippen molar-refractivity contribution in [1.82, 2.24) is 0 Å². The molecule has 0 amide bonds. The van der Waals surface area contributed by atoms with Crippen LogP contribution < -0.4 is 9.47 Å². The van der Waals surface area contributed by atoms with Crippen LogP contribution in [0.2, 0.25) is 10.0 Å². The van der Waals surface area contributed by atoms with Crippen molar-refractivity contribution in [3.63, 3.8) is 0 Å². The Labute approximate surface area is 189 Å². The summed E-state index contributed by atoms with van der Waals surface area (Å²) in [7, 11) is 0. The van der Waals surface area contributed by atoms with E-state index in [0.29, 0.717) is 34.8 Å². The third kappa shape index (κ3) is 5.75. The van der Waals surface area contributed by atoms with Gasteiger partial charge in [0.2, 0.25) is 0 Å². The molecule has 0 bridgehead atoms. The van der Waals surface area contributed by atoms with Crippen molar-refractivity contribution in [2.75, 3.05) is 6.61 Å². The highest BCUT2D eigenvalue weighted by Crippen LogP contribution is 2.37. The van der Waals surface area contributed by atoms with Gasteiger partial charge in [-0.15, -0.1) is 0 Å². The first-order valence-corrected chi connectivity index (χ1v) is 10.7. The molecule has 0 N–H and O–H groups in total. The summed E-state index contributed by atoms with van der Waals surface area (Å²) in [5.74, 6) is 1.30. The molecule has 0 unspecified atom stereocenters. The van der Waals surface area contributed by atoms with Crippen molar-refractivity contribution >= 4 is 51.0 Å². The summed E-state index contributed by atoms with van der Waals surface area (Å²) in [5.41, 5.74) is 3.68. The van der Waals surface area contributed by atoms with Crippen LogP contribution in [-0.4, -0.2) is 12.8 Å². The van der Waals surface area contributed by atoms with Crippen LogP contribution in [-0.2, 0) is 6.61 Å². The van der Waals surface area contributed by atoms with Crippen molar-refractivity contribution in [2.24, 2.45) is 4.99 Å². The van der Waals surface area contributed by atoms with Crippen LogP contribution >= 0.6 is 39.1 Å². The van der Waals surface area contributed by atoms with Gasteiger partial charge in [-0.25, -0.2) is 0 Å². The highest BCUT2D eigenvalue weighted by atomic mass is 79.9. The van der Waals surface area contributed by atoms with Crippen LogP contribution in [0.15, 0.2) is 64.1 Å². The Kier molecular flexibility index (Phi) is 7.59. The predicted octanol–water partition coefficient (Wildman–Crippen LogP) is 7.79. The molecule has 150 valence electrons. The molecule has 3 aromatic rings. The average molecular weight is 493 g/mol. The molecule has 0 radical (unpaired) electrons. The molecule has 0 fully saturated rings. The lowest BCUT2D eigenvalue weighted by Crippen LogP contribution is -2.01. The molecule has 3 aromatic carbocycles. The number of halogens is 3. The standard InChI is InChI=1S/C23H20BrCl2NO2/c1-3-28-22-12-17(13-27-21-6-4-5-20(26)15(21)2)11-19(24)23(22)29-14-16-7-9-18(25)10-8-16/h4-13H,3,14H2,1-2H3. The van der Waals surface area contributed by atoms with E-state index in [4.69, 9.17) is 32.7 Å². The Morgan fingerprint density at radius 1 is 1.03 bits per heavy atom. The van der Waals surface area contributed by atoms with Crippen LogP contribution in [0.25, 0.3) is 0 Å². The molecule has 0 aliphatic rings. The summed E-state index contributed by atoms with van der Waals surface area (Å²) in [6.45, 7) is 4.82. The minimum absolute atomic E-state index is 0.408. The van der Waals surface area contributed by atoms with E-state index in [9.17, 15) is 0 Å². The molecule has 0 saturated carbocycles. The molecule has 29 heavy (non-hydrogen) atoms. The average Bonchev–Trinajstić information content (AvgIpc) is 2.70. The Morgan fingerprint density at radius 3 is 2.52 bits per heavy atom. The topological polar surface area (TPSA) is 30.8 Å². The maximum absolute atomic E-state index is 6.18. The molecule has 0 aromatic heterocycles. The molecule has 0 aliphatic heterocycles. The number of hydrogen-bond donors (Lipinski definition) is 0. The van der Waals surface area contributed by atoms with Gasteiger partial charge < -0.3 is 9.47 Å². The maximum Gasteiger partial charge on any atom is 0.175 e. The highest BCUT2D eigenvalue weighted by Gasteiger charge is 2.12. The van der Waals surface area contributed by atoms with E-state index in [1.165, 1.54) is 0 Å². The van der Waals surface area contributed by atoms with Crippen molar-refractivity contribution in [2.45, 2.75) is 20.5 Å². The predicted molar refractivity (Wildman–Crippen MR) is 125 cm³/mol. The quantitative estimate of drug-likeness (QED) is 0.315. The number of nitrogens with zero attached hydrogens (tertiary/aromatic N) is 1. The van der Waals surface area contributed by atoms with E-state index >= 15 is 0 Å². The lowest BCUT2D eigenvalue weighted by Gasteiger charge is -2.15. The van der Waals surface area contributed by atoms with Gasteiger partial charge in [-0.3, -0.25) is 4.99 Å². The smallest absolute Gasteiger partial charge is 0.175 e. The Hall–Kier alpha value is -2.01. The van der Waals surface area contributed by atoms with Gasteiger partial charge in [-0.05, 0) is 82.9 Å². The zero-order valence-corrected chi connectivity index (χ0v) is 19.2. The number of aliphatic imine (C=N–C) groups is 1. The molecule has 0 atom stereocenters.